The summed E-state index contributed by atoms with van der Waals surface area (Å²) < 4.78 is 0. The van der Waals surface area contributed by atoms with Crippen LogP contribution in [0.15, 0.2) is 22.5 Å². The first-order valence-corrected chi connectivity index (χ1v) is 3.13. The minimum atomic E-state index is 1.08. The van der Waals surface area contributed by atoms with Crippen LogP contribution in [0, 0.1) is 0 Å². The van der Waals surface area contributed by atoms with Crippen LogP contribution in [0.4, 0.5) is 0 Å². The van der Waals surface area contributed by atoms with Crippen molar-refractivity contribution < 1.29 is 0 Å². The highest BCUT2D eigenvalue weighted by Gasteiger charge is 2.01. The molecule has 0 unspecified atom stereocenters. The van der Waals surface area contributed by atoms with Crippen LogP contribution in [0.25, 0.3) is 0 Å². The molecule has 1 heteroatoms. The minimum absolute atomic E-state index is 1.08. The summed E-state index contributed by atoms with van der Waals surface area (Å²) >= 11 is 1.79. The quantitative estimate of drug-likeness (QED) is 0.464. The number of rotatable bonds is 0. The Kier molecular flexibility index (Phi) is 1.24. The Morgan fingerprint density at radius 2 is 2.57 bits per heavy atom. The molecule has 0 aromatic carbocycles. The van der Waals surface area contributed by atoms with Gasteiger partial charge >= 0.3 is 0 Å². The van der Waals surface area contributed by atoms with Crippen molar-refractivity contribution in [2.24, 2.45) is 0 Å². The van der Waals surface area contributed by atoms with E-state index in [4.69, 9.17) is 0 Å². The lowest BCUT2D eigenvalue weighted by molar-refractivity contribution is 1.39. The van der Waals surface area contributed by atoms with Crippen molar-refractivity contribution in [1.29, 1.82) is 0 Å². The predicted octanol–water partition coefficient (Wildman–Crippen LogP) is 2.54. The topological polar surface area (TPSA) is 0 Å². The maximum atomic E-state index is 3.82. The van der Waals surface area contributed by atoms with Gasteiger partial charge in [0, 0.05) is 0 Å². The van der Waals surface area contributed by atoms with Gasteiger partial charge in [0.05, 0.1) is 0 Å². The predicted molar refractivity (Wildman–Crippen MR) is 35.1 cm³/mol. The van der Waals surface area contributed by atoms with Gasteiger partial charge in [0.25, 0.3) is 0 Å². The summed E-state index contributed by atoms with van der Waals surface area (Å²) in [5.74, 6) is 0. The summed E-state index contributed by atoms with van der Waals surface area (Å²) in [4.78, 5) is 2.67. The van der Waals surface area contributed by atoms with E-state index in [2.05, 4.69) is 19.6 Å². The fraction of sp³-hybridized carbons (Fsp3) is 0.333. The van der Waals surface area contributed by atoms with Crippen LogP contribution in [0.2, 0.25) is 0 Å². The van der Waals surface area contributed by atoms with E-state index in [0.717, 1.165) is 6.42 Å². The van der Waals surface area contributed by atoms with Crippen LogP contribution < -0.4 is 0 Å². The lowest BCUT2D eigenvalue weighted by atomic mass is 10.4. The summed E-state index contributed by atoms with van der Waals surface area (Å²) in [6.45, 7) is 5.93. The minimum Gasteiger partial charge on any atom is -0.0999 e. The average molecular weight is 112 g/mol. The van der Waals surface area contributed by atoms with Crippen molar-refractivity contribution in [3.8, 4) is 0 Å². The second-order valence-corrected chi connectivity index (χ2v) is 3.09. The third-order valence-corrected chi connectivity index (χ3v) is 1.87. The zero-order chi connectivity index (χ0) is 5.28. The third-order valence-electron chi connectivity index (χ3n) is 0.923. The molecular weight excluding hydrogens is 104 g/mol. The lowest BCUT2D eigenvalue weighted by Crippen LogP contribution is -1.54. The van der Waals surface area contributed by atoms with E-state index in [1.165, 1.54) is 9.81 Å². The third kappa shape index (κ3) is 1.10. The molecule has 1 rings (SSSR count). The van der Waals surface area contributed by atoms with Crippen molar-refractivity contribution >= 4 is 11.8 Å². The molecule has 0 nitrogen and oxygen atoms in total. The van der Waals surface area contributed by atoms with Gasteiger partial charge in [-0.1, -0.05) is 24.4 Å². The van der Waals surface area contributed by atoms with E-state index >= 15 is 0 Å². The molecule has 0 fully saturated rings. The Bertz CT molecular complexity index is 122. The Labute approximate surface area is 48.3 Å². The molecule has 1 aliphatic rings. The van der Waals surface area contributed by atoms with Gasteiger partial charge in [-0.3, -0.25) is 0 Å². The standard InChI is InChI=1S/C6H8S/c1-5-3-4-6(2)7-5/h4H,1,3H2,2H3. The normalized spacial score (nSPS) is 20.1. The fourth-order valence-corrected chi connectivity index (χ4v) is 1.36. The van der Waals surface area contributed by atoms with E-state index in [0.29, 0.717) is 0 Å². The molecule has 0 spiro atoms. The van der Waals surface area contributed by atoms with Crippen molar-refractivity contribution in [3.63, 3.8) is 0 Å². The van der Waals surface area contributed by atoms with Crippen LogP contribution in [0.3, 0.4) is 0 Å². The van der Waals surface area contributed by atoms with Gasteiger partial charge in [0.2, 0.25) is 0 Å². The summed E-state index contributed by atoms with van der Waals surface area (Å²) in [6, 6.07) is 0. The van der Waals surface area contributed by atoms with Crippen LogP contribution in [0.1, 0.15) is 13.3 Å². The zero-order valence-electron chi connectivity index (χ0n) is 4.40. The summed E-state index contributed by atoms with van der Waals surface area (Å²) in [7, 11) is 0. The molecule has 1 heterocycles. The summed E-state index contributed by atoms with van der Waals surface area (Å²) in [6.07, 6.45) is 3.28. The van der Waals surface area contributed by atoms with E-state index in [-0.39, 0.29) is 0 Å². The molecule has 0 aliphatic carbocycles. The Hall–Kier alpha value is -0.170. The van der Waals surface area contributed by atoms with Crippen LogP contribution in [-0.2, 0) is 0 Å². The molecule has 38 valence electrons. The molecule has 7 heavy (non-hydrogen) atoms. The SMILES string of the molecule is C=C1CC=C(C)S1. The van der Waals surface area contributed by atoms with Crippen molar-refractivity contribution in [2.75, 3.05) is 0 Å². The second-order valence-electron chi connectivity index (χ2n) is 1.66. The molecule has 0 atom stereocenters. The molecule has 0 amide bonds. The average Bonchev–Trinajstić information content (AvgIpc) is 1.87. The summed E-state index contributed by atoms with van der Waals surface area (Å²) in [5.41, 5.74) is 0. The number of allylic oxidation sites excluding steroid dienone is 3. The number of thioether (sulfide) groups is 1. The van der Waals surface area contributed by atoms with Gasteiger partial charge in [-0.05, 0) is 23.2 Å². The van der Waals surface area contributed by atoms with Crippen molar-refractivity contribution in [2.45, 2.75) is 13.3 Å². The van der Waals surface area contributed by atoms with Gasteiger partial charge < -0.3 is 0 Å². The van der Waals surface area contributed by atoms with Crippen LogP contribution >= 0.6 is 11.8 Å². The maximum absolute atomic E-state index is 3.82. The van der Waals surface area contributed by atoms with E-state index in [1.807, 2.05) is 0 Å². The molecule has 0 saturated heterocycles. The van der Waals surface area contributed by atoms with Gasteiger partial charge in [-0.15, -0.1) is 0 Å². The monoisotopic (exact) mass is 112 g/mol. The van der Waals surface area contributed by atoms with Gasteiger partial charge in [0.15, 0.2) is 0 Å². The molecule has 0 saturated carbocycles. The summed E-state index contributed by atoms with van der Waals surface area (Å²) in [5, 5.41) is 0. The van der Waals surface area contributed by atoms with Crippen molar-refractivity contribution in [1.82, 2.24) is 0 Å². The smallest absolute Gasteiger partial charge is 0.00288 e. The van der Waals surface area contributed by atoms with Crippen LogP contribution in [-0.4, -0.2) is 0 Å². The molecule has 0 aromatic rings. The van der Waals surface area contributed by atoms with Gasteiger partial charge in [-0.25, -0.2) is 0 Å². The Morgan fingerprint density at radius 1 is 1.86 bits per heavy atom. The number of hydrogen-bond acceptors (Lipinski definition) is 1. The molecule has 1 aliphatic heterocycles. The first-order chi connectivity index (χ1) is 3.29. The van der Waals surface area contributed by atoms with E-state index in [1.54, 1.807) is 11.8 Å². The van der Waals surface area contributed by atoms with E-state index in [9.17, 15) is 0 Å². The highest BCUT2D eigenvalue weighted by Crippen LogP contribution is 2.33. The Morgan fingerprint density at radius 3 is 2.71 bits per heavy atom. The van der Waals surface area contributed by atoms with Crippen LogP contribution in [0.5, 0.6) is 0 Å². The Balaban J connectivity index is 2.58. The number of hydrogen-bond donors (Lipinski definition) is 0. The highest BCUT2D eigenvalue weighted by molar-refractivity contribution is 8.06. The largest absolute Gasteiger partial charge is 0.0999 e. The van der Waals surface area contributed by atoms with Crippen molar-refractivity contribution in [3.05, 3.63) is 22.5 Å². The first kappa shape index (κ1) is 4.98. The van der Waals surface area contributed by atoms with Gasteiger partial charge in [0.1, 0.15) is 0 Å². The van der Waals surface area contributed by atoms with Gasteiger partial charge in [-0.2, -0.15) is 0 Å². The second kappa shape index (κ2) is 1.74. The molecule has 0 bridgehead atoms. The molecule has 0 aromatic heterocycles. The highest BCUT2D eigenvalue weighted by atomic mass is 32.2. The lowest BCUT2D eigenvalue weighted by Gasteiger charge is -1.86. The first-order valence-electron chi connectivity index (χ1n) is 2.31. The maximum Gasteiger partial charge on any atom is -0.00288 e. The molecular formula is C6H8S. The molecule has 0 radical (unpaired) electrons. The molecule has 0 N–H and O–H groups in total. The van der Waals surface area contributed by atoms with E-state index < -0.39 is 0 Å². The zero-order valence-corrected chi connectivity index (χ0v) is 5.22. The fourth-order valence-electron chi connectivity index (χ4n) is 0.569.